The number of rotatable bonds is 2. The van der Waals surface area contributed by atoms with Gasteiger partial charge in [0.2, 0.25) is 0 Å². The number of fused-ring (bicyclic) bond motifs is 1. The summed E-state index contributed by atoms with van der Waals surface area (Å²) < 4.78 is 0. The Morgan fingerprint density at radius 3 is 2.84 bits per heavy atom. The summed E-state index contributed by atoms with van der Waals surface area (Å²) in [6.07, 6.45) is 0.860. The van der Waals surface area contributed by atoms with Gasteiger partial charge in [0.25, 0.3) is 0 Å². The predicted octanol–water partition coefficient (Wildman–Crippen LogP) is 2.30. The molecule has 0 unspecified atom stereocenters. The molecule has 1 aliphatic rings. The Bertz CT molecular complexity index is 606. The number of para-hydroxylation sites is 1. The maximum atomic E-state index is 5.69. The second kappa shape index (κ2) is 4.97. The van der Waals surface area contributed by atoms with Gasteiger partial charge in [0, 0.05) is 18.5 Å². The molecule has 0 fully saturated rings. The highest BCUT2D eigenvalue weighted by Crippen LogP contribution is 2.21. The minimum Gasteiger partial charge on any atom is -0.384 e. The van der Waals surface area contributed by atoms with Crippen molar-refractivity contribution >= 4 is 23.0 Å². The largest absolute Gasteiger partial charge is 0.384 e. The number of hydrogen-bond acceptors (Lipinski definition) is 5. The highest BCUT2D eigenvalue weighted by molar-refractivity contribution is 6.06. The van der Waals surface area contributed by atoms with Crippen LogP contribution in [0.4, 0.5) is 17.3 Å². The second-order valence-corrected chi connectivity index (χ2v) is 4.35. The third-order valence-electron chi connectivity index (χ3n) is 2.98. The maximum Gasteiger partial charge on any atom is 0.137 e. The molecule has 0 spiro atoms. The van der Waals surface area contributed by atoms with Crippen LogP contribution >= 0.6 is 0 Å². The van der Waals surface area contributed by atoms with E-state index in [1.165, 1.54) is 0 Å². The lowest BCUT2D eigenvalue weighted by Gasteiger charge is -2.19. The fraction of sp³-hybridized carbons (Fsp3) is 0.143. The van der Waals surface area contributed by atoms with Gasteiger partial charge in [-0.1, -0.05) is 18.2 Å². The zero-order valence-corrected chi connectivity index (χ0v) is 10.4. The number of pyridine rings is 1. The molecule has 2 heterocycles. The predicted molar refractivity (Wildman–Crippen MR) is 78.4 cm³/mol. The molecular formula is C14H15N5. The van der Waals surface area contributed by atoms with E-state index < -0.39 is 0 Å². The minimum absolute atomic E-state index is 0.517. The highest BCUT2D eigenvalue weighted by atomic mass is 15.3. The zero-order chi connectivity index (χ0) is 13.1. The Kier molecular flexibility index (Phi) is 3.02. The molecule has 0 radical (unpaired) electrons. The summed E-state index contributed by atoms with van der Waals surface area (Å²) in [4.78, 5) is 4.28. The van der Waals surface area contributed by atoms with E-state index in [9.17, 15) is 0 Å². The van der Waals surface area contributed by atoms with Gasteiger partial charge >= 0.3 is 0 Å². The van der Waals surface area contributed by atoms with E-state index in [-0.39, 0.29) is 0 Å². The van der Waals surface area contributed by atoms with Crippen molar-refractivity contribution < 1.29 is 0 Å². The van der Waals surface area contributed by atoms with E-state index in [4.69, 9.17) is 5.73 Å². The van der Waals surface area contributed by atoms with Crippen LogP contribution in [0.1, 0.15) is 12.0 Å². The molecule has 96 valence electrons. The van der Waals surface area contributed by atoms with Gasteiger partial charge in [-0.3, -0.25) is 5.43 Å². The number of nitrogen functional groups attached to an aromatic ring is 1. The molecule has 5 heteroatoms. The van der Waals surface area contributed by atoms with Crippen LogP contribution in [0.5, 0.6) is 0 Å². The summed E-state index contributed by atoms with van der Waals surface area (Å²) in [5.41, 5.74) is 11.7. The van der Waals surface area contributed by atoms with Crippen molar-refractivity contribution in [2.45, 2.75) is 6.42 Å². The molecule has 1 aliphatic heterocycles. The molecule has 0 amide bonds. The quantitative estimate of drug-likeness (QED) is 0.718. The number of hydrazone groups is 1. The first-order valence-corrected chi connectivity index (χ1v) is 6.21. The first-order chi connectivity index (χ1) is 9.33. The average molecular weight is 253 g/mol. The van der Waals surface area contributed by atoms with Crippen molar-refractivity contribution in [3.05, 3.63) is 48.0 Å². The number of aromatic nitrogens is 1. The standard InChI is InChI=1S/C14H15N5/c15-13-7-6-11-12(8-9-16-14(11)17-13)19-18-10-4-2-1-3-5-10/h1-7,18H,8-9H2,(H3,15,16,17). The molecule has 0 aliphatic carbocycles. The summed E-state index contributed by atoms with van der Waals surface area (Å²) in [6, 6.07) is 13.6. The van der Waals surface area contributed by atoms with Crippen molar-refractivity contribution in [3.8, 4) is 0 Å². The maximum absolute atomic E-state index is 5.69. The molecule has 1 aromatic heterocycles. The molecule has 5 nitrogen and oxygen atoms in total. The summed E-state index contributed by atoms with van der Waals surface area (Å²) in [7, 11) is 0. The Morgan fingerprint density at radius 1 is 1.16 bits per heavy atom. The first kappa shape index (κ1) is 11.5. The summed E-state index contributed by atoms with van der Waals surface area (Å²) in [6.45, 7) is 0.818. The van der Waals surface area contributed by atoms with Crippen LogP contribution in [0.25, 0.3) is 0 Å². The fourth-order valence-corrected chi connectivity index (χ4v) is 2.04. The summed E-state index contributed by atoms with van der Waals surface area (Å²) in [5, 5.41) is 7.70. The molecule has 3 rings (SSSR count). The van der Waals surface area contributed by atoms with Crippen molar-refractivity contribution in [2.75, 3.05) is 23.0 Å². The number of nitrogens with zero attached hydrogens (tertiary/aromatic N) is 2. The molecule has 2 aromatic rings. The van der Waals surface area contributed by atoms with E-state index >= 15 is 0 Å². The number of hydrogen-bond donors (Lipinski definition) is 3. The van der Waals surface area contributed by atoms with Gasteiger partial charge in [-0.25, -0.2) is 4.98 Å². The topological polar surface area (TPSA) is 75.3 Å². The number of anilines is 3. The number of nitrogens with two attached hydrogens (primary N) is 1. The molecule has 19 heavy (non-hydrogen) atoms. The Balaban J connectivity index is 1.87. The van der Waals surface area contributed by atoms with Gasteiger partial charge < -0.3 is 11.1 Å². The van der Waals surface area contributed by atoms with Gasteiger partial charge in [0.1, 0.15) is 11.6 Å². The molecule has 0 saturated carbocycles. The van der Waals surface area contributed by atoms with Crippen molar-refractivity contribution in [1.82, 2.24) is 4.98 Å². The normalized spacial score (nSPS) is 15.7. The average Bonchev–Trinajstić information content (AvgIpc) is 2.45. The molecule has 0 saturated heterocycles. The van der Waals surface area contributed by atoms with Crippen LogP contribution < -0.4 is 16.5 Å². The van der Waals surface area contributed by atoms with E-state index in [0.717, 1.165) is 35.7 Å². The monoisotopic (exact) mass is 253 g/mol. The Morgan fingerprint density at radius 2 is 2.00 bits per heavy atom. The Labute approximate surface area is 111 Å². The van der Waals surface area contributed by atoms with Crippen LogP contribution in [0, 0.1) is 0 Å². The lowest BCUT2D eigenvalue weighted by Crippen LogP contribution is -2.21. The van der Waals surface area contributed by atoms with Gasteiger partial charge in [0.05, 0.1) is 11.4 Å². The summed E-state index contributed by atoms with van der Waals surface area (Å²) >= 11 is 0. The molecular weight excluding hydrogens is 238 g/mol. The highest BCUT2D eigenvalue weighted by Gasteiger charge is 2.16. The number of nitrogens with one attached hydrogen (secondary N) is 2. The second-order valence-electron chi connectivity index (χ2n) is 4.35. The molecule has 0 atom stereocenters. The SMILES string of the molecule is Nc1ccc2c(n1)NCCC2=NNc1ccccc1. The van der Waals surface area contributed by atoms with Crippen molar-refractivity contribution in [3.63, 3.8) is 0 Å². The third-order valence-corrected chi connectivity index (χ3v) is 2.98. The summed E-state index contributed by atoms with van der Waals surface area (Å²) in [5.74, 6) is 1.32. The van der Waals surface area contributed by atoms with Crippen LogP contribution in [0.2, 0.25) is 0 Å². The van der Waals surface area contributed by atoms with Gasteiger partial charge in [-0.15, -0.1) is 0 Å². The molecule has 4 N–H and O–H groups in total. The fourth-order valence-electron chi connectivity index (χ4n) is 2.04. The van der Waals surface area contributed by atoms with E-state index in [2.05, 4.69) is 20.8 Å². The van der Waals surface area contributed by atoms with E-state index in [1.54, 1.807) is 6.07 Å². The number of benzene rings is 1. The van der Waals surface area contributed by atoms with Gasteiger partial charge in [-0.2, -0.15) is 5.10 Å². The van der Waals surface area contributed by atoms with Crippen LogP contribution in [-0.2, 0) is 0 Å². The first-order valence-electron chi connectivity index (χ1n) is 6.21. The third kappa shape index (κ3) is 2.49. The van der Waals surface area contributed by atoms with Crippen LogP contribution in [-0.4, -0.2) is 17.2 Å². The van der Waals surface area contributed by atoms with E-state index in [1.807, 2.05) is 36.4 Å². The van der Waals surface area contributed by atoms with Crippen LogP contribution in [0.15, 0.2) is 47.6 Å². The minimum atomic E-state index is 0.517. The van der Waals surface area contributed by atoms with Crippen molar-refractivity contribution in [1.29, 1.82) is 0 Å². The van der Waals surface area contributed by atoms with Gasteiger partial charge in [0.15, 0.2) is 0 Å². The smallest absolute Gasteiger partial charge is 0.137 e. The Hall–Kier alpha value is -2.56. The van der Waals surface area contributed by atoms with Crippen molar-refractivity contribution in [2.24, 2.45) is 5.10 Å². The lowest BCUT2D eigenvalue weighted by atomic mass is 10.1. The zero-order valence-electron chi connectivity index (χ0n) is 10.4. The van der Waals surface area contributed by atoms with Crippen LogP contribution in [0.3, 0.4) is 0 Å². The lowest BCUT2D eigenvalue weighted by molar-refractivity contribution is 1.04. The molecule has 0 bridgehead atoms. The van der Waals surface area contributed by atoms with E-state index in [0.29, 0.717) is 5.82 Å². The molecule has 1 aromatic carbocycles. The van der Waals surface area contributed by atoms with Gasteiger partial charge in [-0.05, 0) is 24.3 Å².